The third-order valence-corrected chi connectivity index (χ3v) is 2.78. The Morgan fingerprint density at radius 1 is 1.44 bits per heavy atom. The molecule has 7 heteroatoms. The van der Waals surface area contributed by atoms with Gasteiger partial charge in [0.25, 0.3) is 0 Å². The zero-order valence-electron chi connectivity index (χ0n) is 9.92. The van der Waals surface area contributed by atoms with Crippen molar-refractivity contribution in [3.8, 4) is 0 Å². The summed E-state index contributed by atoms with van der Waals surface area (Å²) < 4.78 is 37.2. The molecule has 0 aliphatic carbocycles. The van der Waals surface area contributed by atoms with Gasteiger partial charge in [-0.05, 0) is 12.0 Å². The maximum atomic E-state index is 12.4. The van der Waals surface area contributed by atoms with E-state index >= 15 is 0 Å². The van der Waals surface area contributed by atoms with Crippen molar-refractivity contribution < 1.29 is 18.3 Å². The molecule has 1 rings (SSSR count). The van der Waals surface area contributed by atoms with E-state index in [1.807, 2.05) is 13.8 Å². The number of nitrogens with zero attached hydrogens (tertiary/aromatic N) is 1. The number of aliphatic hydroxyl groups excluding tert-OH is 1. The number of anilines is 1. The fourth-order valence-electron chi connectivity index (χ4n) is 1.30. The highest BCUT2D eigenvalue weighted by molar-refractivity contribution is 6.33. The molecule has 1 heterocycles. The van der Waals surface area contributed by atoms with E-state index in [0.717, 1.165) is 6.07 Å². The first-order valence-electron chi connectivity index (χ1n) is 5.35. The van der Waals surface area contributed by atoms with Gasteiger partial charge in [0.2, 0.25) is 0 Å². The Morgan fingerprint density at radius 2 is 2.06 bits per heavy atom. The summed E-state index contributed by atoms with van der Waals surface area (Å²) in [5.41, 5.74) is -0.900. The average Bonchev–Trinajstić information content (AvgIpc) is 2.25. The Balaban J connectivity index is 2.93. The van der Waals surface area contributed by atoms with Crippen LogP contribution in [0.1, 0.15) is 19.4 Å². The molecule has 0 spiro atoms. The number of alkyl halides is 3. The molecule has 0 bridgehead atoms. The molecule has 1 aromatic rings. The zero-order chi connectivity index (χ0) is 13.9. The zero-order valence-corrected chi connectivity index (χ0v) is 10.7. The topological polar surface area (TPSA) is 45.1 Å². The maximum Gasteiger partial charge on any atom is 0.417 e. The van der Waals surface area contributed by atoms with Crippen molar-refractivity contribution in [3.63, 3.8) is 0 Å². The Labute approximate surface area is 108 Å². The number of nitrogens with one attached hydrogen (secondary N) is 1. The van der Waals surface area contributed by atoms with Crippen LogP contribution in [0.25, 0.3) is 0 Å². The third-order valence-electron chi connectivity index (χ3n) is 2.49. The summed E-state index contributed by atoms with van der Waals surface area (Å²) in [4.78, 5) is 3.64. The minimum atomic E-state index is -4.47. The smallest absolute Gasteiger partial charge is 0.394 e. The van der Waals surface area contributed by atoms with Crippen molar-refractivity contribution in [2.24, 2.45) is 5.92 Å². The molecular formula is C11H14ClF3N2O. The standard InChI is InChI=1S/C11H14ClF3N2O/c1-6(2)9(5-18)17-10-8(12)3-7(4-16-10)11(13,14)15/h3-4,6,9,18H,5H2,1-2H3,(H,16,17). The Morgan fingerprint density at radius 3 is 2.44 bits per heavy atom. The van der Waals surface area contributed by atoms with Crippen LogP contribution in [0.5, 0.6) is 0 Å². The van der Waals surface area contributed by atoms with E-state index in [1.165, 1.54) is 0 Å². The van der Waals surface area contributed by atoms with Crippen molar-refractivity contribution in [1.29, 1.82) is 0 Å². The summed E-state index contributed by atoms with van der Waals surface area (Å²) in [7, 11) is 0. The Hall–Kier alpha value is -1.01. The van der Waals surface area contributed by atoms with Gasteiger partial charge in [0.15, 0.2) is 0 Å². The molecule has 1 aromatic heterocycles. The van der Waals surface area contributed by atoms with Crippen LogP contribution in [0.4, 0.5) is 19.0 Å². The van der Waals surface area contributed by atoms with E-state index in [4.69, 9.17) is 16.7 Å². The quantitative estimate of drug-likeness (QED) is 0.891. The largest absolute Gasteiger partial charge is 0.417 e. The molecule has 0 aliphatic heterocycles. The second-order valence-corrected chi connectivity index (χ2v) is 4.64. The molecule has 0 aromatic carbocycles. The predicted molar refractivity (Wildman–Crippen MR) is 63.6 cm³/mol. The summed E-state index contributed by atoms with van der Waals surface area (Å²) in [5, 5.41) is 11.8. The molecule has 0 amide bonds. The van der Waals surface area contributed by atoms with Crippen LogP contribution in [-0.2, 0) is 6.18 Å². The highest BCUT2D eigenvalue weighted by atomic mass is 35.5. The van der Waals surface area contributed by atoms with Crippen LogP contribution in [0.15, 0.2) is 12.3 Å². The van der Waals surface area contributed by atoms with Gasteiger partial charge in [0.1, 0.15) is 5.82 Å². The summed E-state index contributed by atoms with van der Waals surface area (Å²) >= 11 is 5.73. The minimum Gasteiger partial charge on any atom is -0.394 e. The molecule has 3 nitrogen and oxygen atoms in total. The first-order chi connectivity index (χ1) is 8.25. The lowest BCUT2D eigenvalue weighted by atomic mass is 10.1. The lowest BCUT2D eigenvalue weighted by Gasteiger charge is -2.21. The van der Waals surface area contributed by atoms with Crippen molar-refractivity contribution >= 4 is 17.4 Å². The molecule has 1 atom stereocenters. The van der Waals surface area contributed by atoms with Gasteiger partial charge in [-0.25, -0.2) is 4.98 Å². The van der Waals surface area contributed by atoms with Gasteiger partial charge >= 0.3 is 6.18 Å². The van der Waals surface area contributed by atoms with Crippen LogP contribution >= 0.6 is 11.6 Å². The summed E-state index contributed by atoms with van der Waals surface area (Å²) in [5.74, 6) is 0.229. The molecular weight excluding hydrogens is 269 g/mol. The summed E-state index contributed by atoms with van der Waals surface area (Å²) in [6.07, 6.45) is -3.76. The van der Waals surface area contributed by atoms with Gasteiger partial charge in [0, 0.05) is 6.20 Å². The van der Waals surface area contributed by atoms with Gasteiger partial charge in [-0.1, -0.05) is 25.4 Å². The SMILES string of the molecule is CC(C)C(CO)Nc1ncc(C(F)(F)F)cc1Cl. The molecule has 2 N–H and O–H groups in total. The van der Waals surface area contributed by atoms with Crippen LogP contribution in [0, 0.1) is 5.92 Å². The lowest BCUT2D eigenvalue weighted by molar-refractivity contribution is -0.137. The second kappa shape index (κ2) is 5.75. The molecule has 0 fully saturated rings. The van der Waals surface area contributed by atoms with Crippen LogP contribution in [0.2, 0.25) is 5.02 Å². The van der Waals surface area contributed by atoms with Crippen molar-refractivity contribution in [3.05, 3.63) is 22.8 Å². The summed E-state index contributed by atoms with van der Waals surface area (Å²) in [6.45, 7) is 3.58. The van der Waals surface area contributed by atoms with Crippen molar-refractivity contribution in [2.45, 2.75) is 26.1 Å². The van der Waals surface area contributed by atoms with Crippen LogP contribution in [-0.4, -0.2) is 22.7 Å². The highest BCUT2D eigenvalue weighted by Gasteiger charge is 2.31. The van der Waals surface area contributed by atoms with Gasteiger partial charge < -0.3 is 10.4 Å². The molecule has 18 heavy (non-hydrogen) atoms. The molecule has 102 valence electrons. The molecule has 0 saturated carbocycles. The van der Waals surface area contributed by atoms with Gasteiger partial charge in [-0.2, -0.15) is 13.2 Å². The number of rotatable bonds is 4. The average molecular weight is 283 g/mol. The molecule has 0 saturated heterocycles. The van der Waals surface area contributed by atoms with E-state index in [2.05, 4.69) is 10.3 Å². The monoisotopic (exact) mass is 282 g/mol. The summed E-state index contributed by atoms with van der Waals surface area (Å²) in [6, 6.07) is 0.498. The van der Waals surface area contributed by atoms with E-state index < -0.39 is 11.7 Å². The maximum absolute atomic E-state index is 12.4. The number of aromatic nitrogens is 1. The highest BCUT2D eigenvalue weighted by Crippen LogP contribution is 2.32. The fourth-order valence-corrected chi connectivity index (χ4v) is 1.52. The minimum absolute atomic E-state index is 0.0927. The first kappa shape index (κ1) is 15.0. The van der Waals surface area contributed by atoms with Gasteiger partial charge in [0.05, 0.1) is 23.2 Å². The molecule has 1 unspecified atom stereocenters. The molecule has 0 aliphatic rings. The van der Waals surface area contributed by atoms with Crippen molar-refractivity contribution in [1.82, 2.24) is 4.98 Å². The Bertz CT molecular complexity index is 410. The first-order valence-corrected chi connectivity index (χ1v) is 5.73. The number of halogens is 4. The number of hydrogen-bond donors (Lipinski definition) is 2. The normalized spacial score (nSPS) is 13.8. The van der Waals surface area contributed by atoms with Gasteiger partial charge in [-0.3, -0.25) is 0 Å². The van der Waals surface area contributed by atoms with E-state index in [0.29, 0.717) is 6.20 Å². The molecule has 0 radical (unpaired) electrons. The predicted octanol–water partition coefficient (Wildman–Crippen LogP) is 3.18. The second-order valence-electron chi connectivity index (χ2n) is 4.23. The number of hydrogen-bond acceptors (Lipinski definition) is 3. The lowest BCUT2D eigenvalue weighted by Crippen LogP contribution is -2.30. The van der Waals surface area contributed by atoms with E-state index in [-0.39, 0.29) is 29.4 Å². The number of pyridine rings is 1. The number of aliphatic hydroxyl groups is 1. The van der Waals surface area contributed by atoms with E-state index in [9.17, 15) is 13.2 Å². The Kier molecular flexibility index (Phi) is 4.81. The van der Waals surface area contributed by atoms with Crippen LogP contribution in [0.3, 0.4) is 0 Å². The van der Waals surface area contributed by atoms with Crippen LogP contribution < -0.4 is 5.32 Å². The fraction of sp³-hybridized carbons (Fsp3) is 0.545. The van der Waals surface area contributed by atoms with Crippen molar-refractivity contribution in [2.75, 3.05) is 11.9 Å². The van der Waals surface area contributed by atoms with Gasteiger partial charge in [-0.15, -0.1) is 0 Å². The van der Waals surface area contributed by atoms with E-state index in [1.54, 1.807) is 0 Å². The third kappa shape index (κ3) is 3.74.